The average molecular weight is 235 g/mol. The summed E-state index contributed by atoms with van der Waals surface area (Å²) in [5, 5.41) is 10.2. The standard InChI is InChI=1S/C15H25NO/c1-3-7-14(11-16)15(17)10-12(2)13-8-5-4-6-9-13/h4-6,8-9,12,14-15,17H,3,7,10-11,16H2,1-2H3. The van der Waals surface area contributed by atoms with Crippen molar-refractivity contribution in [2.75, 3.05) is 6.54 Å². The lowest BCUT2D eigenvalue weighted by molar-refractivity contribution is 0.0916. The van der Waals surface area contributed by atoms with Crippen molar-refractivity contribution in [3.63, 3.8) is 0 Å². The monoisotopic (exact) mass is 235 g/mol. The summed E-state index contributed by atoms with van der Waals surface area (Å²) < 4.78 is 0. The Bertz CT molecular complexity index is 299. The summed E-state index contributed by atoms with van der Waals surface area (Å²) in [4.78, 5) is 0. The van der Waals surface area contributed by atoms with Gasteiger partial charge >= 0.3 is 0 Å². The van der Waals surface area contributed by atoms with E-state index >= 15 is 0 Å². The summed E-state index contributed by atoms with van der Waals surface area (Å²) in [6, 6.07) is 10.4. The quantitative estimate of drug-likeness (QED) is 0.763. The van der Waals surface area contributed by atoms with Gasteiger partial charge in [-0.1, -0.05) is 50.6 Å². The zero-order valence-electron chi connectivity index (χ0n) is 11.0. The Labute approximate surface area is 105 Å². The van der Waals surface area contributed by atoms with Crippen LogP contribution in [0.3, 0.4) is 0 Å². The number of hydrogen-bond acceptors (Lipinski definition) is 2. The molecule has 1 rings (SSSR count). The van der Waals surface area contributed by atoms with E-state index in [9.17, 15) is 5.11 Å². The van der Waals surface area contributed by atoms with E-state index in [0.717, 1.165) is 19.3 Å². The van der Waals surface area contributed by atoms with Crippen molar-refractivity contribution in [3.8, 4) is 0 Å². The fourth-order valence-electron chi connectivity index (χ4n) is 2.31. The maximum Gasteiger partial charge on any atom is 0.0586 e. The van der Waals surface area contributed by atoms with E-state index in [1.54, 1.807) is 0 Å². The molecular weight excluding hydrogens is 210 g/mol. The maximum atomic E-state index is 10.2. The molecule has 0 aliphatic carbocycles. The largest absolute Gasteiger partial charge is 0.393 e. The molecule has 3 atom stereocenters. The second-order valence-corrected chi connectivity index (χ2v) is 4.90. The fourth-order valence-corrected chi connectivity index (χ4v) is 2.31. The van der Waals surface area contributed by atoms with Crippen molar-refractivity contribution >= 4 is 0 Å². The second kappa shape index (κ2) is 7.46. The number of benzene rings is 1. The molecule has 0 fully saturated rings. The van der Waals surface area contributed by atoms with Gasteiger partial charge in [0.2, 0.25) is 0 Å². The molecule has 0 aliphatic rings. The highest BCUT2D eigenvalue weighted by Crippen LogP contribution is 2.24. The SMILES string of the molecule is CCCC(CN)C(O)CC(C)c1ccccc1. The minimum atomic E-state index is -0.282. The third-order valence-corrected chi connectivity index (χ3v) is 3.47. The van der Waals surface area contributed by atoms with Crippen molar-refractivity contribution in [2.24, 2.45) is 11.7 Å². The first-order valence-electron chi connectivity index (χ1n) is 6.62. The van der Waals surface area contributed by atoms with Crippen LogP contribution in [0.2, 0.25) is 0 Å². The van der Waals surface area contributed by atoms with Crippen molar-refractivity contribution in [3.05, 3.63) is 35.9 Å². The van der Waals surface area contributed by atoms with Crippen LogP contribution in [-0.2, 0) is 0 Å². The molecule has 1 aromatic rings. The number of aliphatic hydroxyl groups is 1. The van der Waals surface area contributed by atoms with Crippen LogP contribution in [-0.4, -0.2) is 17.8 Å². The van der Waals surface area contributed by atoms with E-state index < -0.39 is 0 Å². The van der Waals surface area contributed by atoms with Gasteiger partial charge in [0.25, 0.3) is 0 Å². The number of hydrogen-bond donors (Lipinski definition) is 2. The van der Waals surface area contributed by atoms with Gasteiger partial charge in [0.15, 0.2) is 0 Å². The van der Waals surface area contributed by atoms with Crippen LogP contribution >= 0.6 is 0 Å². The van der Waals surface area contributed by atoms with Gasteiger partial charge in [-0.25, -0.2) is 0 Å². The number of aliphatic hydroxyl groups excluding tert-OH is 1. The molecule has 17 heavy (non-hydrogen) atoms. The molecule has 3 unspecified atom stereocenters. The zero-order valence-corrected chi connectivity index (χ0v) is 11.0. The smallest absolute Gasteiger partial charge is 0.0586 e. The van der Waals surface area contributed by atoms with Gasteiger partial charge in [0.1, 0.15) is 0 Å². The minimum absolute atomic E-state index is 0.242. The molecule has 0 heterocycles. The fraction of sp³-hybridized carbons (Fsp3) is 0.600. The predicted molar refractivity (Wildman–Crippen MR) is 72.9 cm³/mol. The lowest BCUT2D eigenvalue weighted by atomic mass is 9.87. The molecule has 0 saturated carbocycles. The van der Waals surface area contributed by atoms with Crippen LogP contribution < -0.4 is 5.73 Å². The van der Waals surface area contributed by atoms with Crippen molar-refractivity contribution in [2.45, 2.75) is 45.1 Å². The highest BCUT2D eigenvalue weighted by molar-refractivity contribution is 5.18. The molecule has 2 nitrogen and oxygen atoms in total. The summed E-state index contributed by atoms with van der Waals surface area (Å²) in [6.45, 7) is 4.88. The van der Waals surface area contributed by atoms with Gasteiger partial charge in [-0.3, -0.25) is 0 Å². The zero-order chi connectivity index (χ0) is 12.7. The molecule has 0 saturated heterocycles. The van der Waals surface area contributed by atoms with Gasteiger partial charge < -0.3 is 10.8 Å². The molecule has 0 aliphatic heterocycles. The van der Waals surface area contributed by atoms with Crippen LogP contribution in [0.15, 0.2) is 30.3 Å². The molecule has 1 aromatic carbocycles. The van der Waals surface area contributed by atoms with Gasteiger partial charge in [-0.2, -0.15) is 0 Å². The number of rotatable bonds is 7. The van der Waals surface area contributed by atoms with E-state index in [1.807, 2.05) is 18.2 Å². The van der Waals surface area contributed by atoms with Crippen LogP contribution in [0, 0.1) is 5.92 Å². The Balaban J connectivity index is 2.53. The van der Waals surface area contributed by atoms with E-state index in [0.29, 0.717) is 12.5 Å². The summed E-state index contributed by atoms with van der Waals surface area (Å²) in [6.07, 6.45) is 2.61. The Morgan fingerprint density at radius 1 is 1.24 bits per heavy atom. The predicted octanol–water partition coefficient (Wildman–Crippen LogP) is 2.92. The lowest BCUT2D eigenvalue weighted by Crippen LogP contribution is -2.29. The van der Waals surface area contributed by atoms with Crippen molar-refractivity contribution in [1.29, 1.82) is 0 Å². The molecule has 0 bridgehead atoms. The Morgan fingerprint density at radius 3 is 2.41 bits per heavy atom. The topological polar surface area (TPSA) is 46.2 Å². The molecule has 2 heteroatoms. The maximum absolute atomic E-state index is 10.2. The minimum Gasteiger partial charge on any atom is -0.393 e. The molecule has 0 aromatic heterocycles. The third kappa shape index (κ3) is 4.49. The molecule has 0 spiro atoms. The van der Waals surface area contributed by atoms with Gasteiger partial charge in [-0.05, 0) is 36.8 Å². The van der Waals surface area contributed by atoms with E-state index in [2.05, 4.69) is 26.0 Å². The Kier molecular flexibility index (Phi) is 6.23. The Morgan fingerprint density at radius 2 is 1.88 bits per heavy atom. The summed E-state index contributed by atoms with van der Waals surface area (Å²) >= 11 is 0. The first-order chi connectivity index (χ1) is 8.19. The summed E-state index contributed by atoms with van der Waals surface area (Å²) in [5.74, 6) is 0.628. The van der Waals surface area contributed by atoms with E-state index in [1.165, 1.54) is 5.56 Å². The first kappa shape index (κ1) is 14.2. The van der Waals surface area contributed by atoms with Crippen molar-refractivity contribution in [1.82, 2.24) is 0 Å². The Hall–Kier alpha value is -0.860. The van der Waals surface area contributed by atoms with Gasteiger partial charge in [0.05, 0.1) is 6.10 Å². The van der Waals surface area contributed by atoms with Crippen LogP contribution in [0.25, 0.3) is 0 Å². The van der Waals surface area contributed by atoms with Crippen LogP contribution in [0.4, 0.5) is 0 Å². The highest BCUT2D eigenvalue weighted by Gasteiger charge is 2.19. The second-order valence-electron chi connectivity index (χ2n) is 4.90. The molecule has 96 valence electrons. The average Bonchev–Trinajstić information content (AvgIpc) is 2.36. The van der Waals surface area contributed by atoms with E-state index in [4.69, 9.17) is 5.73 Å². The highest BCUT2D eigenvalue weighted by atomic mass is 16.3. The van der Waals surface area contributed by atoms with Crippen molar-refractivity contribution < 1.29 is 5.11 Å². The lowest BCUT2D eigenvalue weighted by Gasteiger charge is -2.24. The number of nitrogens with two attached hydrogens (primary N) is 1. The molecule has 0 amide bonds. The van der Waals surface area contributed by atoms with Gasteiger partial charge in [-0.15, -0.1) is 0 Å². The van der Waals surface area contributed by atoms with Crippen LogP contribution in [0.5, 0.6) is 0 Å². The first-order valence-corrected chi connectivity index (χ1v) is 6.62. The van der Waals surface area contributed by atoms with Crippen LogP contribution in [0.1, 0.15) is 44.6 Å². The van der Waals surface area contributed by atoms with Gasteiger partial charge in [0, 0.05) is 0 Å². The summed E-state index contributed by atoms with van der Waals surface area (Å²) in [7, 11) is 0. The molecule has 3 N–H and O–H groups in total. The normalized spacial score (nSPS) is 16.5. The molecular formula is C15H25NO. The van der Waals surface area contributed by atoms with E-state index in [-0.39, 0.29) is 12.0 Å². The summed E-state index contributed by atoms with van der Waals surface area (Å²) in [5.41, 5.74) is 7.00. The molecule has 0 radical (unpaired) electrons. The third-order valence-electron chi connectivity index (χ3n) is 3.47.